The molecule has 0 fully saturated rings. The van der Waals surface area contributed by atoms with E-state index in [0.717, 1.165) is 9.80 Å². The summed E-state index contributed by atoms with van der Waals surface area (Å²) < 4.78 is 0. The van der Waals surface area contributed by atoms with Crippen LogP contribution in [0.3, 0.4) is 0 Å². The van der Waals surface area contributed by atoms with Crippen LogP contribution in [0.4, 0.5) is 0 Å². The molecule has 12 heteroatoms. The fourth-order valence-electron chi connectivity index (χ4n) is 4.94. The first kappa shape index (κ1) is 37.8. The van der Waals surface area contributed by atoms with Crippen molar-refractivity contribution in [2.24, 2.45) is 0 Å². The van der Waals surface area contributed by atoms with E-state index in [1.54, 1.807) is 0 Å². The summed E-state index contributed by atoms with van der Waals surface area (Å²) in [4.78, 5) is 43.4. The summed E-state index contributed by atoms with van der Waals surface area (Å²) in [5.74, 6) is -6.12. The molecule has 4 aromatic carbocycles. The Morgan fingerprint density at radius 3 is 0.783 bits per heavy atom. The van der Waals surface area contributed by atoms with Gasteiger partial charge in [0, 0.05) is 56.3 Å². The van der Waals surface area contributed by atoms with Crippen LogP contribution in [0.25, 0.3) is 0 Å². The van der Waals surface area contributed by atoms with E-state index >= 15 is 0 Å². The van der Waals surface area contributed by atoms with Gasteiger partial charge in [-0.1, -0.05) is 72.8 Å². The van der Waals surface area contributed by atoms with Gasteiger partial charge in [0.2, 0.25) is 0 Å². The van der Waals surface area contributed by atoms with Crippen molar-refractivity contribution in [3.63, 3.8) is 0 Å². The first-order valence-electron chi connectivity index (χ1n) is 14.0. The second-order valence-corrected chi connectivity index (χ2v) is 13.3. The molecule has 4 rings (SSSR count). The monoisotopic (exact) mass is 690 g/mol. The topological polar surface area (TPSA) is 167 Å². The van der Waals surface area contributed by atoms with E-state index in [0.29, 0.717) is 0 Å². The number of carbonyl (C=O) groups is 4. The summed E-state index contributed by atoms with van der Waals surface area (Å²) in [5, 5.41) is 47.2. The van der Waals surface area contributed by atoms with Crippen molar-refractivity contribution in [3.05, 3.63) is 121 Å². The van der Waals surface area contributed by atoms with Gasteiger partial charge in [0.1, 0.15) is 28.5 Å². The van der Waals surface area contributed by atoms with E-state index < -0.39 is 57.3 Å². The average molecular weight is 691 g/mol. The number of carbonyl (C=O) groups excluding carboxylic acids is 4. The van der Waals surface area contributed by atoms with Crippen LogP contribution in [0.1, 0.15) is 0 Å². The van der Waals surface area contributed by atoms with Crippen molar-refractivity contribution >= 4 is 52.4 Å². The molecule has 0 atom stereocenters. The minimum absolute atomic E-state index is 0. The van der Waals surface area contributed by atoms with E-state index in [2.05, 4.69) is 121 Å². The SMILES string of the molecule is O=C([O-])CN(CCN(CC(=O)[O-])CC(=O)[O-])CC(=O)[O-].[Cu].c1ccc([P+](c2ccccc2)(c2ccccc2)c2ccccc2)cc1. The van der Waals surface area contributed by atoms with Crippen LogP contribution >= 0.6 is 7.26 Å². The molecule has 4 aromatic rings. The Balaban J connectivity index is 0.000000323. The Morgan fingerprint density at radius 1 is 0.413 bits per heavy atom. The first-order chi connectivity index (χ1) is 21.6. The summed E-state index contributed by atoms with van der Waals surface area (Å²) in [5.41, 5.74) is 0. The maximum absolute atomic E-state index is 10.4. The normalized spacial score (nSPS) is 10.7. The third-order valence-corrected chi connectivity index (χ3v) is 11.0. The number of benzene rings is 4. The van der Waals surface area contributed by atoms with Gasteiger partial charge < -0.3 is 39.6 Å². The van der Waals surface area contributed by atoms with E-state index in [1.807, 2.05) is 0 Å². The quantitative estimate of drug-likeness (QED) is 0.0921. The largest absolute Gasteiger partial charge is 0.549 e. The number of rotatable bonds is 15. The van der Waals surface area contributed by atoms with Crippen molar-refractivity contribution in [2.45, 2.75) is 0 Å². The predicted octanol–water partition coefficient (Wildman–Crippen LogP) is -3.11. The number of nitrogens with zero attached hydrogens (tertiary/aromatic N) is 2. The average Bonchev–Trinajstić information content (AvgIpc) is 3.02. The van der Waals surface area contributed by atoms with Crippen LogP contribution in [0.2, 0.25) is 0 Å². The van der Waals surface area contributed by atoms with Crippen molar-refractivity contribution in [1.82, 2.24) is 9.80 Å². The van der Waals surface area contributed by atoms with Crippen molar-refractivity contribution < 1.29 is 56.7 Å². The van der Waals surface area contributed by atoms with Gasteiger partial charge in [-0.15, -0.1) is 0 Å². The van der Waals surface area contributed by atoms with Crippen molar-refractivity contribution in [2.75, 3.05) is 39.3 Å². The van der Waals surface area contributed by atoms with Crippen LogP contribution in [-0.2, 0) is 36.2 Å². The van der Waals surface area contributed by atoms with E-state index in [9.17, 15) is 39.6 Å². The van der Waals surface area contributed by atoms with E-state index in [1.165, 1.54) is 21.2 Å². The van der Waals surface area contributed by atoms with Gasteiger partial charge in [-0.2, -0.15) is 0 Å². The molecule has 10 nitrogen and oxygen atoms in total. The van der Waals surface area contributed by atoms with Gasteiger partial charge >= 0.3 is 0 Å². The van der Waals surface area contributed by atoms with Gasteiger partial charge in [-0.3, -0.25) is 9.80 Å². The predicted molar refractivity (Wildman–Crippen MR) is 164 cm³/mol. The molecule has 0 bridgehead atoms. The summed E-state index contributed by atoms with van der Waals surface area (Å²) in [6.07, 6.45) is 0. The zero-order valence-corrected chi connectivity index (χ0v) is 26.5. The zero-order chi connectivity index (χ0) is 32.7. The van der Waals surface area contributed by atoms with Gasteiger partial charge in [0.25, 0.3) is 0 Å². The number of carboxylic acid groups (broad SMARTS) is 4. The Labute approximate surface area is 278 Å². The maximum Gasteiger partial charge on any atom is 0.144 e. The molecule has 0 spiro atoms. The van der Waals surface area contributed by atoms with E-state index in [4.69, 9.17) is 0 Å². The molecule has 1 radical (unpaired) electrons. The minimum atomic E-state index is -1.91. The Hall–Kier alpha value is -4.37. The number of carboxylic acids is 4. The van der Waals surface area contributed by atoms with Crippen molar-refractivity contribution in [1.29, 1.82) is 0 Å². The number of hydrogen-bond acceptors (Lipinski definition) is 10. The van der Waals surface area contributed by atoms with E-state index in [-0.39, 0.29) is 30.2 Å². The summed E-state index contributed by atoms with van der Waals surface area (Å²) in [6.45, 7) is -3.25. The van der Waals surface area contributed by atoms with Gasteiger partial charge in [-0.05, 0) is 48.5 Å². The standard InChI is InChI=1S/C24H20P.C10H16N2O8.Cu/c1-5-13-21(14-6-1)25(22-15-7-2-8-16-22,23-17-9-3-10-18-23)24-19-11-4-12-20-24;13-7(14)3-11(4-8(15)16)1-2-12(5-9(17)18)6-10(19)20;/h1-20H;1-6H2,(H,13,14)(H,15,16)(H,17,18)(H,19,20);/q+1;;/p-4. The molecule has 0 aliphatic heterocycles. The summed E-state index contributed by atoms with van der Waals surface area (Å²) >= 11 is 0. The first-order valence-corrected chi connectivity index (χ1v) is 15.8. The molecule has 0 aliphatic carbocycles. The second-order valence-electron chi connectivity index (χ2n) is 9.92. The van der Waals surface area contributed by atoms with Crippen LogP contribution < -0.4 is 41.6 Å². The molecule has 245 valence electrons. The third-order valence-electron chi connectivity index (χ3n) is 6.72. The molecule has 0 N–H and O–H groups in total. The Kier molecular flexibility index (Phi) is 15.8. The molecule has 0 aromatic heterocycles. The van der Waals surface area contributed by atoms with Crippen LogP contribution in [-0.4, -0.2) is 72.9 Å². The Morgan fingerprint density at radius 2 is 0.609 bits per heavy atom. The molecule has 0 saturated carbocycles. The summed E-state index contributed by atoms with van der Waals surface area (Å²) in [7, 11) is -1.91. The molecule has 0 amide bonds. The van der Waals surface area contributed by atoms with Crippen molar-refractivity contribution in [3.8, 4) is 0 Å². The molecular formula is C34H32CuN2O8P-3. The Bertz CT molecular complexity index is 1300. The third kappa shape index (κ3) is 11.2. The van der Waals surface area contributed by atoms with Crippen LogP contribution in [0.5, 0.6) is 0 Å². The maximum atomic E-state index is 10.4. The van der Waals surface area contributed by atoms with Crippen LogP contribution in [0.15, 0.2) is 121 Å². The summed E-state index contributed by atoms with van der Waals surface area (Å²) in [6, 6.07) is 43.8. The smallest absolute Gasteiger partial charge is 0.144 e. The van der Waals surface area contributed by atoms with Gasteiger partial charge in [0.05, 0.1) is 23.9 Å². The molecule has 0 heterocycles. The molecule has 0 unspecified atom stereocenters. The fourth-order valence-corrected chi connectivity index (χ4v) is 9.21. The zero-order valence-electron chi connectivity index (χ0n) is 24.7. The fraction of sp³-hybridized carbons (Fsp3) is 0.176. The second kappa shape index (κ2) is 19.2. The molecule has 0 saturated heterocycles. The molecule has 46 heavy (non-hydrogen) atoms. The molecule has 0 aliphatic rings. The van der Waals surface area contributed by atoms with Gasteiger partial charge in [-0.25, -0.2) is 0 Å². The van der Waals surface area contributed by atoms with Gasteiger partial charge in [0.15, 0.2) is 0 Å². The number of aliphatic carboxylic acids is 4. The minimum Gasteiger partial charge on any atom is -0.549 e. The van der Waals surface area contributed by atoms with Crippen LogP contribution in [0, 0.1) is 0 Å². The number of hydrogen-bond donors (Lipinski definition) is 0. The molecular weight excluding hydrogens is 659 g/mol.